The van der Waals surface area contributed by atoms with Crippen LogP contribution in [0.2, 0.25) is 0 Å². The van der Waals surface area contributed by atoms with Crippen molar-refractivity contribution in [3.63, 3.8) is 0 Å². The Morgan fingerprint density at radius 1 is 1.00 bits per heavy atom. The first kappa shape index (κ1) is 23.6. The van der Waals surface area contributed by atoms with Gasteiger partial charge in [0.05, 0.1) is 5.41 Å². The molecule has 0 heterocycles. The highest BCUT2D eigenvalue weighted by Gasteiger charge is 2.45. The van der Waals surface area contributed by atoms with Gasteiger partial charge in [0.2, 0.25) is 0 Å². The van der Waals surface area contributed by atoms with Crippen molar-refractivity contribution in [1.82, 2.24) is 0 Å². The van der Waals surface area contributed by atoms with Crippen LogP contribution in [0.25, 0.3) is 0 Å². The summed E-state index contributed by atoms with van der Waals surface area (Å²) in [5.41, 5.74) is 9.16. The van der Waals surface area contributed by atoms with Crippen LogP contribution in [0.15, 0.2) is 60.3 Å². The molecular weight excluding hydrogens is 370 g/mol. The topological polar surface area (TPSA) is 40.5 Å². The maximum atomic E-state index is 13.1. The fourth-order valence-electron chi connectivity index (χ4n) is 4.78. The minimum Gasteiger partial charge on any atom is -0.400 e. The summed E-state index contributed by atoms with van der Waals surface area (Å²) in [7, 11) is 3.12. The zero-order valence-electron chi connectivity index (χ0n) is 19.5. The van der Waals surface area contributed by atoms with Gasteiger partial charge in [-0.3, -0.25) is 4.79 Å². The molecule has 1 N–H and O–H groups in total. The number of hydrogen-bond acceptors (Lipinski definition) is 3. The molecule has 0 aliphatic heterocycles. The van der Waals surface area contributed by atoms with E-state index in [1.165, 1.54) is 39.2 Å². The normalized spacial score (nSPS) is 18.0. The first-order chi connectivity index (χ1) is 14.2. The van der Waals surface area contributed by atoms with Gasteiger partial charge in [-0.1, -0.05) is 49.1 Å². The van der Waals surface area contributed by atoms with E-state index in [0.717, 1.165) is 12.7 Å². The number of Topliss-reactive ketones (excluding diaryl/α,β-unsaturated/α-hetero) is 1. The van der Waals surface area contributed by atoms with Gasteiger partial charge in [-0.2, -0.15) is 0 Å². The second-order valence-electron chi connectivity index (χ2n) is 8.21. The third-order valence-corrected chi connectivity index (χ3v) is 6.55. The van der Waals surface area contributed by atoms with Crippen molar-refractivity contribution in [3.8, 4) is 0 Å². The molecule has 0 saturated carbocycles. The Morgan fingerprint density at radius 3 is 2.07 bits per heavy atom. The maximum absolute atomic E-state index is 13.1. The molecule has 0 saturated heterocycles. The van der Waals surface area contributed by atoms with E-state index in [-0.39, 0.29) is 5.78 Å². The molecule has 0 radical (unpaired) electrons. The smallest absolute Gasteiger partial charge is 0.141 e. The summed E-state index contributed by atoms with van der Waals surface area (Å²) in [6.07, 6.45) is 3.36. The van der Waals surface area contributed by atoms with E-state index in [1.807, 2.05) is 6.08 Å². The van der Waals surface area contributed by atoms with Crippen molar-refractivity contribution in [1.29, 1.82) is 0 Å². The lowest BCUT2D eigenvalue weighted by atomic mass is 9.72. The summed E-state index contributed by atoms with van der Waals surface area (Å²) in [6.45, 7) is 14.4. The number of carbonyl (C=O) groups excluding carboxylic acids is 1. The first-order valence-electron chi connectivity index (χ1n) is 10.4. The Balaban J connectivity index is 0.00000155. The highest BCUT2D eigenvalue weighted by molar-refractivity contribution is 5.91. The summed E-state index contributed by atoms with van der Waals surface area (Å²) < 4.78 is 0. The second-order valence-corrected chi connectivity index (χ2v) is 8.21. The highest BCUT2D eigenvalue weighted by Crippen LogP contribution is 2.48. The first-order valence-corrected chi connectivity index (χ1v) is 10.4. The lowest BCUT2D eigenvalue weighted by molar-refractivity contribution is -0.122. The number of rotatable bonds is 5. The predicted octanol–water partition coefficient (Wildman–Crippen LogP) is 5.73. The number of nitrogens with zero attached hydrogens (tertiary/aromatic N) is 1. The summed E-state index contributed by atoms with van der Waals surface area (Å²) in [5, 5.41) is 7.00. The van der Waals surface area contributed by atoms with Crippen molar-refractivity contribution in [2.45, 2.75) is 52.9 Å². The van der Waals surface area contributed by atoms with E-state index in [9.17, 15) is 4.79 Å². The van der Waals surface area contributed by atoms with E-state index in [0.29, 0.717) is 12.8 Å². The highest BCUT2D eigenvalue weighted by atomic mass is 16.2. The maximum Gasteiger partial charge on any atom is 0.141 e. The Morgan fingerprint density at radius 2 is 1.53 bits per heavy atom. The van der Waals surface area contributed by atoms with E-state index in [4.69, 9.17) is 5.11 Å². The van der Waals surface area contributed by atoms with Gasteiger partial charge in [-0.25, -0.2) is 0 Å². The van der Waals surface area contributed by atoms with Crippen LogP contribution in [0.3, 0.4) is 0 Å². The third kappa shape index (κ3) is 3.99. The molecule has 2 aromatic rings. The number of benzene rings is 2. The van der Waals surface area contributed by atoms with Crippen molar-refractivity contribution >= 4 is 11.5 Å². The molecular formula is C27H35NO2. The standard InChI is InChI=1S/C26H31NO.CH4O/c1-8-22-15-26(21(6)28,23-14-10-11-17(2)20(23)5)16-24(22)27(7)25-18(3)12-9-13-19(25)4;1-2/h8-14H,1,15-16H2,2-7H3;2H,1H3/t26-;/m1./s1. The van der Waals surface area contributed by atoms with Crippen molar-refractivity contribution in [2.75, 3.05) is 19.1 Å². The number of hydrogen-bond donors (Lipinski definition) is 1. The number of allylic oxidation sites excluding steroid dienone is 3. The lowest BCUT2D eigenvalue weighted by Crippen LogP contribution is -2.34. The largest absolute Gasteiger partial charge is 0.400 e. The third-order valence-electron chi connectivity index (χ3n) is 6.55. The van der Waals surface area contributed by atoms with Crippen molar-refractivity contribution in [3.05, 3.63) is 88.1 Å². The fourth-order valence-corrected chi connectivity index (χ4v) is 4.78. The number of carbonyl (C=O) groups is 1. The van der Waals surface area contributed by atoms with E-state index >= 15 is 0 Å². The molecule has 1 aliphatic rings. The number of anilines is 1. The van der Waals surface area contributed by atoms with Crippen LogP contribution in [0.1, 0.15) is 47.6 Å². The van der Waals surface area contributed by atoms with Crippen LogP contribution in [-0.2, 0) is 10.2 Å². The molecule has 0 bridgehead atoms. The van der Waals surface area contributed by atoms with Gasteiger partial charge in [0.25, 0.3) is 0 Å². The van der Waals surface area contributed by atoms with E-state index in [2.05, 4.69) is 82.6 Å². The quantitative estimate of drug-likeness (QED) is 0.691. The molecule has 30 heavy (non-hydrogen) atoms. The average Bonchev–Trinajstić information content (AvgIpc) is 3.12. The fraction of sp³-hybridized carbons (Fsp3) is 0.370. The Hall–Kier alpha value is -2.65. The monoisotopic (exact) mass is 405 g/mol. The molecule has 0 unspecified atom stereocenters. The summed E-state index contributed by atoms with van der Waals surface area (Å²) in [4.78, 5) is 15.3. The zero-order valence-corrected chi connectivity index (χ0v) is 19.5. The molecule has 1 atom stereocenters. The van der Waals surface area contributed by atoms with Crippen molar-refractivity contribution < 1.29 is 9.90 Å². The summed E-state index contributed by atoms with van der Waals surface area (Å²) in [5.74, 6) is 0.227. The molecule has 3 heteroatoms. The Kier molecular flexibility index (Phi) is 7.44. The molecule has 3 rings (SSSR count). The molecule has 0 amide bonds. The number of aliphatic hydroxyl groups is 1. The molecule has 0 fully saturated rings. The van der Waals surface area contributed by atoms with Crippen LogP contribution in [0.4, 0.5) is 5.69 Å². The minimum atomic E-state index is -0.514. The number of aryl methyl sites for hydroxylation is 3. The molecule has 0 aromatic heterocycles. The van der Waals surface area contributed by atoms with E-state index < -0.39 is 5.41 Å². The van der Waals surface area contributed by atoms with Gasteiger partial charge >= 0.3 is 0 Å². The van der Waals surface area contributed by atoms with Crippen LogP contribution in [0.5, 0.6) is 0 Å². The molecule has 160 valence electrons. The summed E-state index contributed by atoms with van der Waals surface area (Å²) >= 11 is 0. The number of aliphatic hydroxyl groups excluding tert-OH is 1. The van der Waals surface area contributed by atoms with Gasteiger partial charge in [0, 0.05) is 32.0 Å². The van der Waals surface area contributed by atoms with Gasteiger partial charge in [-0.15, -0.1) is 0 Å². The molecule has 0 spiro atoms. The van der Waals surface area contributed by atoms with Crippen LogP contribution < -0.4 is 4.90 Å². The van der Waals surface area contributed by atoms with E-state index in [1.54, 1.807) is 6.92 Å². The van der Waals surface area contributed by atoms with Crippen LogP contribution in [0, 0.1) is 27.7 Å². The van der Waals surface area contributed by atoms with Gasteiger partial charge in [0.1, 0.15) is 5.78 Å². The van der Waals surface area contributed by atoms with Gasteiger partial charge in [-0.05, 0) is 74.4 Å². The molecule has 2 aromatic carbocycles. The van der Waals surface area contributed by atoms with Gasteiger partial charge < -0.3 is 10.0 Å². The predicted molar refractivity (Wildman–Crippen MR) is 127 cm³/mol. The van der Waals surface area contributed by atoms with Gasteiger partial charge in [0.15, 0.2) is 0 Å². The van der Waals surface area contributed by atoms with Crippen LogP contribution in [-0.4, -0.2) is 25.0 Å². The number of ketones is 1. The van der Waals surface area contributed by atoms with Crippen molar-refractivity contribution in [2.24, 2.45) is 0 Å². The second kappa shape index (κ2) is 9.44. The Bertz CT molecular complexity index is 966. The SMILES string of the molecule is C=CC1=C(N(C)c2c(C)cccc2C)C[C@](C(C)=O)(c2cccc(C)c2C)C1.CO. The summed E-state index contributed by atoms with van der Waals surface area (Å²) in [6, 6.07) is 12.7. The lowest BCUT2D eigenvalue weighted by Gasteiger charge is -2.32. The Labute approximate surface area is 181 Å². The number of para-hydroxylation sites is 1. The average molecular weight is 406 g/mol. The zero-order chi connectivity index (χ0) is 22.6. The molecule has 3 nitrogen and oxygen atoms in total. The molecule has 1 aliphatic carbocycles. The minimum absolute atomic E-state index is 0.227. The van der Waals surface area contributed by atoms with Crippen LogP contribution >= 0.6 is 0 Å².